The minimum atomic E-state index is 0.475. The van der Waals surface area contributed by atoms with E-state index in [1.54, 1.807) is 0 Å². The van der Waals surface area contributed by atoms with Crippen LogP contribution in [0.2, 0.25) is 0 Å². The summed E-state index contributed by atoms with van der Waals surface area (Å²) in [6, 6.07) is 0.475. The van der Waals surface area contributed by atoms with Gasteiger partial charge in [0.15, 0.2) is 0 Å². The van der Waals surface area contributed by atoms with Crippen LogP contribution in [0.5, 0.6) is 0 Å². The first-order chi connectivity index (χ1) is 5.75. The maximum atomic E-state index is 4.09. The van der Waals surface area contributed by atoms with Crippen LogP contribution in [0.4, 0.5) is 0 Å². The van der Waals surface area contributed by atoms with Crippen molar-refractivity contribution in [2.75, 3.05) is 5.33 Å². The molecule has 2 nitrogen and oxygen atoms in total. The van der Waals surface area contributed by atoms with Crippen molar-refractivity contribution in [3.63, 3.8) is 0 Å². The van der Waals surface area contributed by atoms with E-state index in [0.717, 1.165) is 11.0 Å². The zero-order valence-electron chi connectivity index (χ0n) is 7.37. The van der Waals surface area contributed by atoms with Crippen LogP contribution < -0.4 is 0 Å². The Morgan fingerprint density at radius 2 is 2.42 bits per heavy atom. The Labute approximate surface area is 81.4 Å². The summed E-state index contributed by atoms with van der Waals surface area (Å²) in [5.41, 5.74) is 1.16. The second-order valence-corrected chi connectivity index (χ2v) is 3.52. The van der Waals surface area contributed by atoms with Crippen molar-refractivity contribution < 1.29 is 0 Å². The Hall–Kier alpha value is -0.570. The summed E-state index contributed by atoms with van der Waals surface area (Å²) in [6.45, 7) is 4.29. The van der Waals surface area contributed by atoms with Crippen LogP contribution in [0.3, 0.4) is 0 Å². The normalized spacial score (nSPS) is 11.7. The highest BCUT2D eigenvalue weighted by molar-refractivity contribution is 9.09. The second-order valence-electron chi connectivity index (χ2n) is 2.88. The number of alkyl halides is 1. The molecule has 0 spiro atoms. The SMILES string of the molecule is CC(C)n1cncc1C=CCBr. The lowest BCUT2D eigenvalue weighted by atomic mass is 10.3. The van der Waals surface area contributed by atoms with Gasteiger partial charge in [-0.15, -0.1) is 0 Å². The van der Waals surface area contributed by atoms with Crippen LogP contribution in [0, 0.1) is 0 Å². The number of allylic oxidation sites excluding steroid dienone is 1. The van der Waals surface area contributed by atoms with Crippen LogP contribution in [-0.2, 0) is 0 Å². The summed E-state index contributed by atoms with van der Waals surface area (Å²) in [7, 11) is 0. The molecule has 0 aliphatic heterocycles. The molecule has 12 heavy (non-hydrogen) atoms. The highest BCUT2D eigenvalue weighted by Crippen LogP contribution is 2.10. The van der Waals surface area contributed by atoms with E-state index >= 15 is 0 Å². The monoisotopic (exact) mass is 228 g/mol. The van der Waals surface area contributed by atoms with Gasteiger partial charge in [0.1, 0.15) is 0 Å². The molecular weight excluding hydrogens is 216 g/mol. The Morgan fingerprint density at radius 1 is 1.67 bits per heavy atom. The van der Waals surface area contributed by atoms with Gasteiger partial charge in [-0.25, -0.2) is 4.98 Å². The van der Waals surface area contributed by atoms with E-state index in [4.69, 9.17) is 0 Å². The third-order valence-corrected chi connectivity index (χ3v) is 2.00. The van der Waals surface area contributed by atoms with E-state index in [2.05, 4.69) is 51.5 Å². The highest BCUT2D eigenvalue weighted by Gasteiger charge is 2.00. The van der Waals surface area contributed by atoms with Crippen molar-refractivity contribution in [1.29, 1.82) is 0 Å². The van der Waals surface area contributed by atoms with Gasteiger partial charge in [-0.2, -0.15) is 0 Å². The van der Waals surface area contributed by atoms with Gasteiger partial charge in [0.05, 0.1) is 18.2 Å². The first kappa shape index (κ1) is 9.52. The van der Waals surface area contributed by atoms with Gasteiger partial charge in [-0.05, 0) is 19.9 Å². The van der Waals surface area contributed by atoms with Crippen LogP contribution in [0.15, 0.2) is 18.6 Å². The largest absolute Gasteiger partial charge is 0.329 e. The molecule has 0 amide bonds. The van der Waals surface area contributed by atoms with Gasteiger partial charge in [0, 0.05) is 11.4 Å². The average Bonchev–Trinajstić information content (AvgIpc) is 2.48. The first-order valence-corrected chi connectivity index (χ1v) is 5.12. The van der Waals surface area contributed by atoms with E-state index in [1.807, 2.05) is 12.5 Å². The number of hydrogen-bond donors (Lipinski definition) is 0. The molecule has 1 heterocycles. The molecule has 0 saturated carbocycles. The maximum Gasteiger partial charge on any atom is 0.0953 e. The molecule has 0 saturated heterocycles. The molecule has 0 aliphatic carbocycles. The van der Waals surface area contributed by atoms with Crippen LogP contribution in [0.1, 0.15) is 25.6 Å². The minimum Gasteiger partial charge on any atom is -0.329 e. The molecule has 0 bridgehead atoms. The number of aromatic nitrogens is 2. The summed E-state index contributed by atoms with van der Waals surface area (Å²) < 4.78 is 2.14. The second kappa shape index (κ2) is 4.45. The zero-order chi connectivity index (χ0) is 8.97. The fraction of sp³-hybridized carbons (Fsp3) is 0.444. The van der Waals surface area contributed by atoms with Gasteiger partial charge in [0.2, 0.25) is 0 Å². The summed E-state index contributed by atoms with van der Waals surface area (Å²) in [4.78, 5) is 4.09. The van der Waals surface area contributed by atoms with Crippen molar-refractivity contribution in [1.82, 2.24) is 9.55 Å². The number of rotatable bonds is 3. The molecule has 0 aromatic carbocycles. The Morgan fingerprint density at radius 3 is 3.00 bits per heavy atom. The quantitative estimate of drug-likeness (QED) is 0.728. The van der Waals surface area contributed by atoms with Crippen LogP contribution >= 0.6 is 15.9 Å². The van der Waals surface area contributed by atoms with Gasteiger partial charge in [-0.1, -0.05) is 22.0 Å². The predicted octanol–water partition coefficient (Wildman–Crippen LogP) is 2.87. The predicted molar refractivity (Wildman–Crippen MR) is 55.4 cm³/mol. The molecular formula is C9H13BrN2. The number of hydrogen-bond acceptors (Lipinski definition) is 1. The standard InChI is InChI=1S/C9H13BrN2/c1-8(2)12-7-11-6-9(12)4-3-5-10/h3-4,6-8H,5H2,1-2H3. The van der Waals surface area contributed by atoms with Crippen molar-refractivity contribution in [3.05, 3.63) is 24.3 Å². The van der Waals surface area contributed by atoms with Gasteiger partial charge in [0.25, 0.3) is 0 Å². The molecule has 0 atom stereocenters. The van der Waals surface area contributed by atoms with E-state index < -0.39 is 0 Å². The highest BCUT2D eigenvalue weighted by atomic mass is 79.9. The van der Waals surface area contributed by atoms with E-state index in [9.17, 15) is 0 Å². The summed E-state index contributed by atoms with van der Waals surface area (Å²) in [5.74, 6) is 0. The lowest BCUT2D eigenvalue weighted by Gasteiger charge is -2.08. The van der Waals surface area contributed by atoms with Crippen molar-refractivity contribution in [3.8, 4) is 0 Å². The zero-order valence-corrected chi connectivity index (χ0v) is 8.95. The van der Waals surface area contributed by atoms with E-state index in [0.29, 0.717) is 6.04 Å². The van der Waals surface area contributed by atoms with Crippen molar-refractivity contribution in [2.24, 2.45) is 0 Å². The third kappa shape index (κ3) is 2.21. The van der Waals surface area contributed by atoms with Crippen LogP contribution in [-0.4, -0.2) is 14.9 Å². The Bertz CT molecular complexity index is 263. The topological polar surface area (TPSA) is 17.8 Å². The fourth-order valence-electron chi connectivity index (χ4n) is 1.04. The number of nitrogens with zero attached hydrogens (tertiary/aromatic N) is 2. The molecule has 0 unspecified atom stereocenters. The molecule has 1 rings (SSSR count). The summed E-state index contributed by atoms with van der Waals surface area (Å²) in [5, 5.41) is 0.885. The number of imidazole rings is 1. The molecule has 0 radical (unpaired) electrons. The summed E-state index contributed by atoms with van der Waals surface area (Å²) >= 11 is 3.34. The van der Waals surface area contributed by atoms with Crippen molar-refractivity contribution in [2.45, 2.75) is 19.9 Å². The van der Waals surface area contributed by atoms with Gasteiger partial charge < -0.3 is 4.57 Å². The first-order valence-electron chi connectivity index (χ1n) is 4.00. The lowest BCUT2D eigenvalue weighted by molar-refractivity contribution is 0.595. The average molecular weight is 229 g/mol. The lowest BCUT2D eigenvalue weighted by Crippen LogP contribution is -2.00. The third-order valence-electron chi connectivity index (χ3n) is 1.63. The van der Waals surface area contributed by atoms with E-state index in [1.165, 1.54) is 0 Å². The Kier molecular flexibility index (Phi) is 3.53. The van der Waals surface area contributed by atoms with Gasteiger partial charge in [-0.3, -0.25) is 0 Å². The molecule has 1 aromatic heterocycles. The molecule has 0 aliphatic rings. The number of halogens is 1. The van der Waals surface area contributed by atoms with Crippen molar-refractivity contribution >= 4 is 22.0 Å². The fourth-order valence-corrected chi connectivity index (χ4v) is 1.23. The molecule has 0 fully saturated rings. The molecule has 1 aromatic rings. The molecule has 0 N–H and O–H groups in total. The maximum absolute atomic E-state index is 4.09. The molecule has 66 valence electrons. The van der Waals surface area contributed by atoms with E-state index in [-0.39, 0.29) is 0 Å². The van der Waals surface area contributed by atoms with Gasteiger partial charge >= 0.3 is 0 Å². The van der Waals surface area contributed by atoms with Crippen LogP contribution in [0.25, 0.3) is 6.08 Å². The minimum absolute atomic E-state index is 0.475. The summed E-state index contributed by atoms with van der Waals surface area (Å²) in [6.07, 6.45) is 7.87. The Balaban J connectivity index is 2.84. The molecule has 3 heteroatoms. The smallest absolute Gasteiger partial charge is 0.0953 e.